The molecule has 1 aromatic carbocycles. The summed E-state index contributed by atoms with van der Waals surface area (Å²) in [5.74, 6) is 0.339. The predicted molar refractivity (Wildman–Crippen MR) is 93.4 cm³/mol. The Balaban J connectivity index is 1.56. The first kappa shape index (κ1) is 15.8. The molecule has 0 amide bonds. The average molecular weight is 356 g/mol. The van der Waals surface area contributed by atoms with Crippen LogP contribution in [-0.2, 0) is 11.3 Å². The van der Waals surface area contributed by atoms with E-state index < -0.39 is 5.97 Å². The van der Waals surface area contributed by atoms with Crippen molar-refractivity contribution in [2.24, 2.45) is 0 Å². The lowest BCUT2D eigenvalue weighted by Crippen LogP contribution is -2.15. The van der Waals surface area contributed by atoms with Crippen LogP contribution in [-0.4, -0.2) is 21.5 Å². The van der Waals surface area contributed by atoms with Gasteiger partial charge in [0.05, 0.1) is 5.69 Å². The van der Waals surface area contributed by atoms with Crippen molar-refractivity contribution >= 4 is 22.3 Å². The van der Waals surface area contributed by atoms with Gasteiger partial charge in [0.2, 0.25) is 0 Å². The summed E-state index contributed by atoms with van der Waals surface area (Å²) in [6.45, 7) is 3.99. The number of fused-ring (bicyclic) bond motifs is 2. The third-order valence-corrected chi connectivity index (χ3v) is 5.23. The lowest BCUT2D eigenvalue weighted by atomic mass is 9.97. The molecule has 0 spiro atoms. The highest BCUT2D eigenvalue weighted by atomic mass is 32.1. The SMILES string of the molecule is C[C@@H]1Oc2c(C(=O)OCc3cc(=O)n4ccsc4n3)cccc2[C@@H]1C. The van der Waals surface area contributed by atoms with Crippen molar-refractivity contribution in [3.63, 3.8) is 0 Å². The fourth-order valence-electron chi connectivity index (χ4n) is 2.93. The number of hydrogen-bond acceptors (Lipinski definition) is 6. The van der Waals surface area contributed by atoms with Crippen LogP contribution in [0.2, 0.25) is 0 Å². The van der Waals surface area contributed by atoms with E-state index in [1.165, 1.54) is 21.8 Å². The van der Waals surface area contributed by atoms with E-state index in [9.17, 15) is 9.59 Å². The molecule has 6 nitrogen and oxygen atoms in total. The van der Waals surface area contributed by atoms with Crippen molar-refractivity contribution in [1.82, 2.24) is 9.38 Å². The molecule has 0 aliphatic carbocycles. The normalized spacial score (nSPS) is 18.8. The van der Waals surface area contributed by atoms with Gasteiger partial charge in [-0.2, -0.15) is 0 Å². The molecule has 3 aromatic rings. The fraction of sp³-hybridized carbons (Fsp3) is 0.278. The molecular formula is C18H16N2O4S. The van der Waals surface area contributed by atoms with Crippen molar-refractivity contribution in [2.75, 3.05) is 0 Å². The summed E-state index contributed by atoms with van der Waals surface area (Å²) >= 11 is 1.35. The van der Waals surface area contributed by atoms with E-state index in [1.807, 2.05) is 19.1 Å². The number of nitrogens with zero attached hydrogens (tertiary/aromatic N) is 2. The Labute approximate surface area is 147 Å². The molecule has 4 rings (SSSR count). The second-order valence-electron chi connectivity index (χ2n) is 6.05. The van der Waals surface area contributed by atoms with Crippen molar-refractivity contribution in [3.8, 4) is 5.75 Å². The van der Waals surface area contributed by atoms with Crippen LogP contribution in [0.4, 0.5) is 0 Å². The molecule has 0 saturated heterocycles. The summed E-state index contributed by atoms with van der Waals surface area (Å²) in [6.07, 6.45) is 1.69. The maximum Gasteiger partial charge on any atom is 0.342 e. The smallest absolute Gasteiger partial charge is 0.342 e. The Morgan fingerprint density at radius 3 is 3.08 bits per heavy atom. The van der Waals surface area contributed by atoms with E-state index >= 15 is 0 Å². The number of benzene rings is 1. The average Bonchev–Trinajstić information content (AvgIpc) is 3.18. The Hall–Kier alpha value is -2.67. The van der Waals surface area contributed by atoms with Crippen molar-refractivity contribution in [3.05, 3.63) is 63.0 Å². The van der Waals surface area contributed by atoms with Gasteiger partial charge in [0.15, 0.2) is 4.96 Å². The van der Waals surface area contributed by atoms with Gasteiger partial charge in [0.25, 0.3) is 5.56 Å². The first-order valence-electron chi connectivity index (χ1n) is 7.97. The molecule has 0 radical (unpaired) electrons. The molecule has 0 fully saturated rings. The predicted octanol–water partition coefficient (Wildman–Crippen LogP) is 3.00. The Kier molecular flexibility index (Phi) is 3.80. The molecule has 0 N–H and O–H groups in total. The van der Waals surface area contributed by atoms with Crippen LogP contribution in [0.1, 0.15) is 41.4 Å². The Bertz CT molecular complexity index is 1020. The van der Waals surface area contributed by atoms with Crippen LogP contribution in [0.3, 0.4) is 0 Å². The molecule has 2 atom stereocenters. The molecule has 0 unspecified atom stereocenters. The molecule has 25 heavy (non-hydrogen) atoms. The molecule has 128 valence electrons. The molecule has 0 bridgehead atoms. The van der Waals surface area contributed by atoms with E-state index in [1.54, 1.807) is 17.6 Å². The second kappa shape index (κ2) is 6.00. The Morgan fingerprint density at radius 2 is 2.24 bits per heavy atom. The molecular weight excluding hydrogens is 340 g/mol. The van der Waals surface area contributed by atoms with Gasteiger partial charge in [-0.3, -0.25) is 9.20 Å². The first-order chi connectivity index (χ1) is 12.0. The number of aromatic nitrogens is 2. The number of hydrogen-bond donors (Lipinski definition) is 0. The third kappa shape index (κ3) is 2.70. The summed E-state index contributed by atoms with van der Waals surface area (Å²) in [5.41, 5.74) is 1.65. The summed E-state index contributed by atoms with van der Waals surface area (Å²) in [4.78, 5) is 29.4. The molecule has 1 aliphatic heterocycles. The van der Waals surface area contributed by atoms with Gasteiger partial charge in [0.1, 0.15) is 24.0 Å². The maximum atomic E-state index is 12.5. The molecule has 2 aromatic heterocycles. The van der Waals surface area contributed by atoms with Crippen LogP contribution < -0.4 is 10.3 Å². The number of ether oxygens (including phenoxy) is 2. The van der Waals surface area contributed by atoms with Gasteiger partial charge < -0.3 is 9.47 Å². The molecule has 1 aliphatic rings. The zero-order valence-corrected chi connectivity index (χ0v) is 14.6. The van der Waals surface area contributed by atoms with E-state index in [4.69, 9.17) is 9.47 Å². The number of carbonyl (C=O) groups excluding carboxylic acids is 1. The fourth-order valence-corrected chi connectivity index (χ4v) is 3.66. The minimum atomic E-state index is -0.480. The van der Waals surface area contributed by atoms with E-state index in [0.29, 0.717) is 22.0 Å². The van der Waals surface area contributed by atoms with Gasteiger partial charge in [-0.05, 0) is 13.0 Å². The van der Waals surface area contributed by atoms with Crippen LogP contribution >= 0.6 is 11.3 Å². The maximum absolute atomic E-state index is 12.5. The topological polar surface area (TPSA) is 69.9 Å². The zero-order chi connectivity index (χ0) is 17.6. The standard InChI is InChI=1S/C18H16N2O4S/c1-10-11(2)24-16-13(10)4-3-5-14(16)17(22)23-9-12-8-15(21)20-6-7-25-18(20)19-12/h3-8,10-11H,9H2,1-2H3/t10-,11+/m1/s1. The van der Waals surface area contributed by atoms with Crippen LogP contribution in [0.15, 0.2) is 40.6 Å². The zero-order valence-electron chi connectivity index (χ0n) is 13.8. The monoisotopic (exact) mass is 356 g/mol. The van der Waals surface area contributed by atoms with Gasteiger partial charge in [-0.1, -0.05) is 19.1 Å². The summed E-state index contributed by atoms with van der Waals surface area (Å²) < 4.78 is 12.6. The summed E-state index contributed by atoms with van der Waals surface area (Å²) in [7, 11) is 0. The van der Waals surface area contributed by atoms with Crippen LogP contribution in [0, 0.1) is 0 Å². The number of esters is 1. The minimum absolute atomic E-state index is 0.0203. The lowest BCUT2D eigenvalue weighted by Gasteiger charge is -2.09. The largest absolute Gasteiger partial charge is 0.489 e. The van der Waals surface area contributed by atoms with E-state index in [2.05, 4.69) is 11.9 Å². The van der Waals surface area contributed by atoms with Crippen molar-refractivity contribution in [1.29, 1.82) is 0 Å². The first-order valence-corrected chi connectivity index (χ1v) is 8.85. The minimum Gasteiger partial charge on any atom is -0.489 e. The van der Waals surface area contributed by atoms with Gasteiger partial charge >= 0.3 is 5.97 Å². The number of para-hydroxylation sites is 1. The van der Waals surface area contributed by atoms with Gasteiger partial charge in [-0.15, -0.1) is 11.3 Å². The molecule has 0 saturated carbocycles. The highest BCUT2D eigenvalue weighted by molar-refractivity contribution is 7.15. The highest BCUT2D eigenvalue weighted by Gasteiger charge is 2.31. The highest BCUT2D eigenvalue weighted by Crippen LogP contribution is 2.40. The van der Waals surface area contributed by atoms with Crippen molar-refractivity contribution < 1.29 is 14.3 Å². The quantitative estimate of drug-likeness (QED) is 0.675. The van der Waals surface area contributed by atoms with Gasteiger partial charge in [-0.25, -0.2) is 9.78 Å². The van der Waals surface area contributed by atoms with Crippen LogP contribution in [0.25, 0.3) is 4.96 Å². The molecule has 7 heteroatoms. The lowest BCUT2D eigenvalue weighted by molar-refractivity contribution is 0.0462. The third-order valence-electron chi connectivity index (χ3n) is 4.47. The van der Waals surface area contributed by atoms with Crippen LogP contribution in [0.5, 0.6) is 5.75 Å². The molecule has 3 heterocycles. The Morgan fingerprint density at radius 1 is 1.40 bits per heavy atom. The van der Waals surface area contributed by atoms with E-state index in [0.717, 1.165) is 5.56 Å². The number of thiazole rings is 1. The number of carbonyl (C=O) groups is 1. The summed E-state index contributed by atoms with van der Waals surface area (Å²) in [5, 5.41) is 1.78. The van der Waals surface area contributed by atoms with Crippen molar-refractivity contribution in [2.45, 2.75) is 32.5 Å². The second-order valence-corrected chi connectivity index (χ2v) is 6.93. The van der Waals surface area contributed by atoms with Gasteiger partial charge in [0, 0.05) is 29.1 Å². The summed E-state index contributed by atoms with van der Waals surface area (Å²) in [6, 6.07) is 6.86. The van der Waals surface area contributed by atoms with E-state index in [-0.39, 0.29) is 24.2 Å². The number of rotatable bonds is 3.